The molecule has 1 aromatic carbocycles. The van der Waals surface area contributed by atoms with Crippen LogP contribution in [0, 0.1) is 0 Å². The highest BCUT2D eigenvalue weighted by Crippen LogP contribution is 2.26. The summed E-state index contributed by atoms with van der Waals surface area (Å²) in [6.45, 7) is 3.44. The van der Waals surface area contributed by atoms with Gasteiger partial charge in [0, 0.05) is 45.4 Å². The van der Waals surface area contributed by atoms with Gasteiger partial charge < -0.3 is 28.7 Å². The van der Waals surface area contributed by atoms with Crippen LogP contribution in [0.5, 0.6) is 17.4 Å². The Hall–Kier alpha value is -3.07. The first-order valence-corrected chi connectivity index (χ1v) is 9.38. The van der Waals surface area contributed by atoms with Crippen molar-refractivity contribution in [1.82, 2.24) is 15.1 Å². The van der Waals surface area contributed by atoms with E-state index in [0.29, 0.717) is 62.3 Å². The van der Waals surface area contributed by atoms with Crippen LogP contribution in [0.15, 0.2) is 30.3 Å². The number of nitrogens with zero attached hydrogens (tertiary/aromatic N) is 4. The zero-order valence-corrected chi connectivity index (χ0v) is 17.0. The second-order valence-corrected chi connectivity index (χ2v) is 6.42. The van der Waals surface area contributed by atoms with E-state index >= 15 is 0 Å². The van der Waals surface area contributed by atoms with E-state index in [9.17, 15) is 4.79 Å². The standard InChI is InChI=1S/C20H26N4O5/c1-26-12-13-29-19-7-6-18(21-22-19)23-8-10-24(11-9-23)20(25)16-5-4-15(27-2)14-17(16)28-3/h4-7,14H,8-13H2,1-3H3. The molecule has 1 aromatic heterocycles. The number of carbonyl (C=O) groups is 1. The lowest BCUT2D eigenvalue weighted by molar-refractivity contribution is 0.0743. The molecule has 3 rings (SSSR count). The normalized spacial score (nSPS) is 13.9. The van der Waals surface area contributed by atoms with Gasteiger partial charge in [0.1, 0.15) is 18.1 Å². The van der Waals surface area contributed by atoms with Crippen LogP contribution in [-0.4, -0.2) is 81.7 Å². The van der Waals surface area contributed by atoms with Gasteiger partial charge in [-0.05, 0) is 18.2 Å². The van der Waals surface area contributed by atoms with Crippen molar-refractivity contribution in [2.45, 2.75) is 0 Å². The van der Waals surface area contributed by atoms with Crippen molar-refractivity contribution in [3.8, 4) is 17.4 Å². The third-order valence-corrected chi connectivity index (χ3v) is 4.69. The lowest BCUT2D eigenvalue weighted by Gasteiger charge is -2.35. The van der Waals surface area contributed by atoms with Crippen molar-refractivity contribution in [3.63, 3.8) is 0 Å². The number of anilines is 1. The molecule has 9 heteroatoms. The van der Waals surface area contributed by atoms with Crippen molar-refractivity contribution >= 4 is 11.7 Å². The first-order valence-electron chi connectivity index (χ1n) is 9.38. The smallest absolute Gasteiger partial charge is 0.257 e. The quantitative estimate of drug-likeness (QED) is 0.614. The average Bonchev–Trinajstić information content (AvgIpc) is 2.79. The molecule has 29 heavy (non-hydrogen) atoms. The second-order valence-electron chi connectivity index (χ2n) is 6.42. The van der Waals surface area contributed by atoms with Crippen molar-refractivity contribution in [3.05, 3.63) is 35.9 Å². The molecular weight excluding hydrogens is 376 g/mol. The summed E-state index contributed by atoms with van der Waals surface area (Å²) in [5, 5.41) is 8.32. The summed E-state index contributed by atoms with van der Waals surface area (Å²) >= 11 is 0. The fourth-order valence-corrected chi connectivity index (χ4v) is 3.07. The van der Waals surface area contributed by atoms with Crippen LogP contribution >= 0.6 is 0 Å². The molecular formula is C20H26N4O5. The Kier molecular flexibility index (Phi) is 7.07. The van der Waals surface area contributed by atoms with E-state index in [1.54, 1.807) is 45.6 Å². The topological polar surface area (TPSA) is 86.3 Å². The Morgan fingerprint density at radius 3 is 2.38 bits per heavy atom. The van der Waals surface area contributed by atoms with Crippen molar-refractivity contribution in [1.29, 1.82) is 0 Å². The highest BCUT2D eigenvalue weighted by Gasteiger charge is 2.25. The molecule has 1 saturated heterocycles. The van der Waals surface area contributed by atoms with Gasteiger partial charge in [-0.1, -0.05) is 0 Å². The van der Waals surface area contributed by atoms with Crippen LogP contribution in [0.25, 0.3) is 0 Å². The summed E-state index contributed by atoms with van der Waals surface area (Å²) in [7, 11) is 4.74. The maximum absolute atomic E-state index is 12.9. The number of hydrogen-bond donors (Lipinski definition) is 0. The fraction of sp³-hybridized carbons (Fsp3) is 0.450. The number of rotatable bonds is 8. The maximum Gasteiger partial charge on any atom is 0.257 e. The molecule has 0 bridgehead atoms. The van der Waals surface area contributed by atoms with Gasteiger partial charge >= 0.3 is 0 Å². The monoisotopic (exact) mass is 402 g/mol. The van der Waals surface area contributed by atoms with Crippen LogP contribution in [0.4, 0.5) is 5.82 Å². The molecule has 0 saturated carbocycles. The third kappa shape index (κ3) is 5.05. The van der Waals surface area contributed by atoms with E-state index in [1.807, 2.05) is 11.0 Å². The van der Waals surface area contributed by atoms with Gasteiger partial charge in [0.05, 0.1) is 26.4 Å². The van der Waals surface area contributed by atoms with Gasteiger partial charge in [0.15, 0.2) is 5.82 Å². The summed E-state index contributed by atoms with van der Waals surface area (Å²) in [5.74, 6) is 2.32. The molecule has 9 nitrogen and oxygen atoms in total. The molecule has 156 valence electrons. The van der Waals surface area contributed by atoms with E-state index in [0.717, 1.165) is 5.82 Å². The van der Waals surface area contributed by atoms with Gasteiger partial charge in [-0.25, -0.2) is 0 Å². The number of benzene rings is 1. The molecule has 1 amide bonds. The maximum atomic E-state index is 12.9. The Morgan fingerprint density at radius 2 is 1.76 bits per heavy atom. The summed E-state index contributed by atoms with van der Waals surface area (Å²) in [6, 6.07) is 8.88. The van der Waals surface area contributed by atoms with Crippen LogP contribution in [0.1, 0.15) is 10.4 Å². The molecule has 0 spiro atoms. The largest absolute Gasteiger partial charge is 0.497 e. The van der Waals surface area contributed by atoms with Gasteiger partial charge in [-0.3, -0.25) is 4.79 Å². The summed E-state index contributed by atoms with van der Waals surface area (Å²) in [4.78, 5) is 16.8. The first-order chi connectivity index (χ1) is 14.2. The molecule has 0 radical (unpaired) electrons. The van der Waals surface area contributed by atoms with E-state index in [2.05, 4.69) is 15.1 Å². The third-order valence-electron chi connectivity index (χ3n) is 4.69. The van der Waals surface area contributed by atoms with Crippen LogP contribution in [0.2, 0.25) is 0 Å². The number of piperazine rings is 1. The predicted molar refractivity (Wildman–Crippen MR) is 107 cm³/mol. The van der Waals surface area contributed by atoms with Crippen LogP contribution in [-0.2, 0) is 4.74 Å². The highest BCUT2D eigenvalue weighted by molar-refractivity contribution is 5.97. The molecule has 0 unspecified atom stereocenters. The fourth-order valence-electron chi connectivity index (χ4n) is 3.07. The lowest BCUT2D eigenvalue weighted by Crippen LogP contribution is -2.49. The molecule has 1 fully saturated rings. The Bertz CT molecular complexity index is 807. The van der Waals surface area contributed by atoms with Gasteiger partial charge in [0.2, 0.25) is 5.88 Å². The molecule has 0 aliphatic carbocycles. The van der Waals surface area contributed by atoms with Crippen LogP contribution in [0.3, 0.4) is 0 Å². The van der Waals surface area contributed by atoms with Crippen molar-refractivity contribution in [2.75, 3.05) is 65.6 Å². The number of amides is 1. The van der Waals surface area contributed by atoms with E-state index in [1.165, 1.54) is 0 Å². The molecule has 2 heterocycles. The Labute approximate surface area is 170 Å². The highest BCUT2D eigenvalue weighted by atomic mass is 16.5. The zero-order valence-electron chi connectivity index (χ0n) is 17.0. The van der Waals surface area contributed by atoms with Crippen molar-refractivity contribution in [2.24, 2.45) is 0 Å². The Morgan fingerprint density at radius 1 is 0.966 bits per heavy atom. The summed E-state index contributed by atoms with van der Waals surface area (Å²) in [5.41, 5.74) is 0.527. The number of ether oxygens (including phenoxy) is 4. The van der Waals surface area contributed by atoms with E-state index in [4.69, 9.17) is 18.9 Å². The summed E-state index contributed by atoms with van der Waals surface area (Å²) < 4.78 is 20.9. The zero-order chi connectivity index (χ0) is 20.6. The molecule has 0 atom stereocenters. The van der Waals surface area contributed by atoms with E-state index < -0.39 is 0 Å². The molecule has 1 aliphatic rings. The molecule has 2 aromatic rings. The minimum Gasteiger partial charge on any atom is -0.497 e. The first kappa shape index (κ1) is 20.7. The van der Waals surface area contributed by atoms with Gasteiger partial charge in [-0.15, -0.1) is 10.2 Å². The van der Waals surface area contributed by atoms with Crippen LogP contribution < -0.4 is 19.1 Å². The van der Waals surface area contributed by atoms with Gasteiger partial charge in [0.25, 0.3) is 5.91 Å². The minimum absolute atomic E-state index is 0.0582. The molecule has 0 N–H and O–H groups in total. The van der Waals surface area contributed by atoms with Crippen molar-refractivity contribution < 1.29 is 23.7 Å². The summed E-state index contributed by atoms with van der Waals surface area (Å²) in [6.07, 6.45) is 0. The average molecular weight is 402 g/mol. The SMILES string of the molecule is COCCOc1ccc(N2CCN(C(=O)c3ccc(OC)cc3OC)CC2)nn1. The lowest BCUT2D eigenvalue weighted by atomic mass is 10.1. The minimum atomic E-state index is -0.0582. The predicted octanol–water partition coefficient (Wildman–Crippen LogP) is 1.48. The number of aromatic nitrogens is 2. The Balaban J connectivity index is 1.58. The van der Waals surface area contributed by atoms with E-state index in [-0.39, 0.29) is 5.91 Å². The second kappa shape index (κ2) is 9.92. The number of hydrogen-bond acceptors (Lipinski definition) is 8. The number of methoxy groups -OCH3 is 3. The van der Waals surface area contributed by atoms with Gasteiger partial charge in [-0.2, -0.15) is 0 Å². The molecule has 1 aliphatic heterocycles. The number of carbonyl (C=O) groups excluding carboxylic acids is 1.